The molecule has 0 fully saturated rings. The van der Waals surface area contributed by atoms with E-state index in [1.165, 1.54) is 30.3 Å². The molecule has 0 aliphatic carbocycles. The molecule has 0 heterocycles. The Bertz CT molecular complexity index is 1440. The lowest BCUT2D eigenvalue weighted by atomic mass is 10.1. The third-order valence-electron chi connectivity index (χ3n) is 4.87. The van der Waals surface area contributed by atoms with Crippen molar-refractivity contribution in [1.29, 1.82) is 0 Å². The van der Waals surface area contributed by atoms with Crippen LogP contribution < -0.4 is 14.8 Å². The number of carbonyl (C=O) groups is 1. The molecule has 3 aromatic carbocycles. The van der Waals surface area contributed by atoms with Crippen LogP contribution in [0.25, 0.3) is 0 Å². The van der Waals surface area contributed by atoms with Crippen molar-refractivity contribution in [1.82, 2.24) is 0 Å². The number of anilines is 1. The van der Waals surface area contributed by atoms with Gasteiger partial charge < -0.3 is 19.9 Å². The molecule has 39 heavy (non-hydrogen) atoms. The Morgan fingerprint density at radius 1 is 0.923 bits per heavy atom. The van der Waals surface area contributed by atoms with Gasteiger partial charge in [-0.05, 0) is 66.6 Å². The summed E-state index contributed by atoms with van der Waals surface area (Å²) in [4.78, 5) is 12.8. The van der Waals surface area contributed by atoms with Crippen molar-refractivity contribution < 1.29 is 54.1 Å². The van der Waals surface area contributed by atoms with Crippen LogP contribution >= 0.6 is 11.8 Å². The predicted molar refractivity (Wildman–Crippen MR) is 130 cm³/mol. The van der Waals surface area contributed by atoms with Gasteiger partial charge in [-0.1, -0.05) is 6.07 Å². The highest BCUT2D eigenvalue weighted by atomic mass is 32.2. The molecule has 0 unspecified atom stereocenters. The molecule has 0 radical (unpaired) electrons. The van der Waals surface area contributed by atoms with Gasteiger partial charge in [0.05, 0.1) is 0 Å². The van der Waals surface area contributed by atoms with Gasteiger partial charge >= 0.3 is 12.7 Å². The molecule has 7 nitrogen and oxygen atoms in total. The van der Waals surface area contributed by atoms with E-state index < -0.39 is 50.6 Å². The molecule has 3 rings (SSSR count). The number of halogens is 6. The van der Waals surface area contributed by atoms with Gasteiger partial charge in [-0.25, -0.2) is 8.42 Å². The first-order valence-electron chi connectivity index (χ1n) is 10.7. The number of hydrogen-bond acceptors (Lipinski definition) is 7. The summed E-state index contributed by atoms with van der Waals surface area (Å²) in [5, 5.41) is 12.1. The van der Waals surface area contributed by atoms with Crippen molar-refractivity contribution in [2.24, 2.45) is 0 Å². The molecule has 0 saturated carbocycles. The second-order valence-electron chi connectivity index (χ2n) is 7.90. The molecule has 210 valence electrons. The molecule has 0 atom stereocenters. The largest absolute Gasteiger partial charge is 0.573 e. The maximum atomic E-state index is 13.0. The van der Waals surface area contributed by atoms with Crippen molar-refractivity contribution >= 4 is 33.2 Å². The van der Waals surface area contributed by atoms with Crippen molar-refractivity contribution in [2.45, 2.75) is 28.9 Å². The Morgan fingerprint density at radius 2 is 1.56 bits per heavy atom. The SMILES string of the molecule is CS(=O)(=O)c1cc(NC(=O)c2ccc(CCSc3ccc(OC(F)(F)F)cc3)c(OC(F)(F)F)c2)ccc1O. The van der Waals surface area contributed by atoms with E-state index >= 15 is 0 Å². The molecule has 0 spiro atoms. The zero-order chi connectivity index (χ0) is 29.0. The van der Waals surface area contributed by atoms with E-state index in [9.17, 15) is 44.7 Å². The van der Waals surface area contributed by atoms with Gasteiger partial charge in [0.25, 0.3) is 5.91 Å². The monoisotopic (exact) mass is 595 g/mol. The van der Waals surface area contributed by atoms with Crippen molar-refractivity contribution in [3.8, 4) is 17.2 Å². The average Bonchev–Trinajstić information content (AvgIpc) is 2.79. The van der Waals surface area contributed by atoms with Gasteiger partial charge in [0, 0.05) is 28.2 Å². The average molecular weight is 596 g/mol. The minimum absolute atomic E-state index is 0.0244. The molecule has 15 heteroatoms. The molecule has 0 aromatic heterocycles. The molecule has 2 N–H and O–H groups in total. The zero-order valence-corrected chi connectivity index (χ0v) is 21.4. The lowest BCUT2D eigenvalue weighted by Crippen LogP contribution is -2.19. The number of phenols is 1. The molecule has 0 bridgehead atoms. The number of sulfone groups is 1. The minimum atomic E-state index is -5.06. The fourth-order valence-corrected chi connectivity index (χ4v) is 4.91. The number of amides is 1. The quantitative estimate of drug-likeness (QED) is 0.173. The van der Waals surface area contributed by atoms with Crippen LogP contribution in [0.1, 0.15) is 15.9 Å². The number of hydrogen-bond donors (Lipinski definition) is 2. The highest BCUT2D eigenvalue weighted by Gasteiger charge is 2.33. The van der Waals surface area contributed by atoms with Crippen molar-refractivity contribution in [3.63, 3.8) is 0 Å². The van der Waals surface area contributed by atoms with E-state index in [2.05, 4.69) is 14.8 Å². The molecular formula is C24H19F6NO6S2. The number of benzene rings is 3. The summed E-state index contributed by atoms with van der Waals surface area (Å²) in [6.07, 6.45) is -9.00. The van der Waals surface area contributed by atoms with Crippen LogP contribution in [0.2, 0.25) is 0 Å². The smallest absolute Gasteiger partial charge is 0.507 e. The Balaban J connectivity index is 1.73. The highest BCUT2D eigenvalue weighted by molar-refractivity contribution is 7.99. The maximum Gasteiger partial charge on any atom is 0.573 e. The van der Waals surface area contributed by atoms with Gasteiger partial charge in [0.15, 0.2) is 9.84 Å². The zero-order valence-electron chi connectivity index (χ0n) is 19.8. The van der Waals surface area contributed by atoms with Crippen LogP contribution in [0, 0.1) is 0 Å². The summed E-state index contributed by atoms with van der Waals surface area (Å²) in [5.74, 6) is -2.23. The first-order chi connectivity index (χ1) is 18.0. The van der Waals surface area contributed by atoms with Crippen LogP contribution in [-0.2, 0) is 16.3 Å². The van der Waals surface area contributed by atoms with E-state index in [4.69, 9.17) is 0 Å². The highest BCUT2D eigenvalue weighted by Crippen LogP contribution is 2.32. The van der Waals surface area contributed by atoms with Crippen LogP contribution in [0.15, 0.2) is 70.5 Å². The second-order valence-corrected chi connectivity index (χ2v) is 11.0. The van der Waals surface area contributed by atoms with Crippen LogP contribution in [0.5, 0.6) is 17.2 Å². The number of thioether (sulfide) groups is 1. The summed E-state index contributed by atoms with van der Waals surface area (Å²) in [6, 6.07) is 11.6. The number of aromatic hydroxyl groups is 1. The van der Waals surface area contributed by atoms with E-state index in [0.29, 0.717) is 4.90 Å². The Kier molecular flexibility index (Phi) is 8.95. The predicted octanol–water partition coefficient (Wildman–Crippen LogP) is 6.18. The van der Waals surface area contributed by atoms with E-state index in [1.807, 2.05) is 0 Å². The first kappa shape index (κ1) is 30.0. The number of nitrogens with one attached hydrogen (secondary N) is 1. The molecule has 0 aliphatic heterocycles. The maximum absolute atomic E-state index is 13.0. The van der Waals surface area contributed by atoms with Crippen LogP contribution in [0.3, 0.4) is 0 Å². The molecule has 3 aromatic rings. The van der Waals surface area contributed by atoms with E-state index in [0.717, 1.165) is 48.3 Å². The summed E-state index contributed by atoms with van der Waals surface area (Å²) >= 11 is 1.16. The summed E-state index contributed by atoms with van der Waals surface area (Å²) in [6.45, 7) is 0. The van der Waals surface area contributed by atoms with Crippen molar-refractivity contribution in [3.05, 3.63) is 71.8 Å². The van der Waals surface area contributed by atoms with Gasteiger partial charge in [0.1, 0.15) is 22.1 Å². The lowest BCUT2D eigenvalue weighted by Gasteiger charge is -2.15. The van der Waals surface area contributed by atoms with Gasteiger partial charge in [-0.2, -0.15) is 0 Å². The van der Waals surface area contributed by atoms with Crippen LogP contribution in [-0.4, -0.2) is 44.2 Å². The van der Waals surface area contributed by atoms with E-state index in [1.54, 1.807) is 0 Å². The number of alkyl halides is 6. The topological polar surface area (TPSA) is 102 Å². The number of phenolic OH excluding ortho intramolecular Hbond substituents is 1. The second kappa shape index (κ2) is 11.7. The summed E-state index contributed by atoms with van der Waals surface area (Å²) in [5.41, 5.74) is -0.138. The third-order valence-corrected chi connectivity index (χ3v) is 7.01. The minimum Gasteiger partial charge on any atom is -0.507 e. The molecule has 0 saturated heterocycles. The number of aryl methyl sites for hydroxylation is 1. The third kappa shape index (κ3) is 9.28. The normalized spacial score (nSPS) is 12.2. The van der Waals surface area contributed by atoms with Gasteiger partial charge in [-0.3, -0.25) is 4.79 Å². The van der Waals surface area contributed by atoms with Crippen LogP contribution in [0.4, 0.5) is 32.0 Å². The Labute approximate surface area is 222 Å². The molecular weight excluding hydrogens is 576 g/mol. The first-order valence-corrected chi connectivity index (χ1v) is 13.6. The fourth-order valence-electron chi connectivity index (χ4n) is 3.23. The fraction of sp³-hybridized carbons (Fsp3) is 0.208. The summed E-state index contributed by atoms with van der Waals surface area (Å²) in [7, 11) is -3.83. The molecule has 0 aliphatic rings. The lowest BCUT2D eigenvalue weighted by molar-refractivity contribution is -0.275. The Morgan fingerprint density at radius 3 is 2.15 bits per heavy atom. The van der Waals surface area contributed by atoms with E-state index in [-0.39, 0.29) is 29.0 Å². The number of ether oxygens (including phenoxy) is 2. The standard InChI is InChI=1S/C24H19F6NO6S2/c1-39(34,35)21-13-16(4-9-19(21)32)31-22(33)15-3-2-14(20(12-15)37-24(28,29)30)10-11-38-18-7-5-17(6-8-18)36-23(25,26)27/h2-9,12-13,32H,10-11H2,1H3,(H,31,33). The number of carbonyl (C=O) groups excluding carboxylic acids is 1. The number of rotatable bonds is 9. The Hall–Kier alpha value is -3.59. The van der Waals surface area contributed by atoms with Gasteiger partial charge in [0.2, 0.25) is 0 Å². The van der Waals surface area contributed by atoms with Gasteiger partial charge in [-0.15, -0.1) is 38.1 Å². The van der Waals surface area contributed by atoms with Crippen molar-refractivity contribution in [2.75, 3.05) is 17.3 Å². The molecule has 1 amide bonds. The summed E-state index contributed by atoms with van der Waals surface area (Å²) < 4.78 is 107.